The molecule has 0 radical (unpaired) electrons. The summed E-state index contributed by atoms with van der Waals surface area (Å²) >= 11 is 12.2. The van der Waals surface area contributed by atoms with Crippen LogP contribution in [0.1, 0.15) is 55.8 Å². The van der Waals surface area contributed by atoms with E-state index in [-0.39, 0.29) is 18.8 Å². The van der Waals surface area contributed by atoms with Crippen molar-refractivity contribution in [3.05, 3.63) is 81.9 Å². The highest BCUT2D eigenvalue weighted by atomic mass is 35.5. The summed E-state index contributed by atoms with van der Waals surface area (Å²) in [5, 5.41) is 10.4. The van der Waals surface area contributed by atoms with Gasteiger partial charge in [-0.1, -0.05) is 72.5 Å². The number of rotatable bonds is 8. The summed E-state index contributed by atoms with van der Waals surface area (Å²) < 4.78 is 6.75. The highest BCUT2D eigenvalue weighted by molar-refractivity contribution is 6.30. The minimum Gasteiger partial charge on any atom is -0.392 e. The highest BCUT2D eigenvalue weighted by Gasteiger charge is 2.29. The van der Waals surface area contributed by atoms with Crippen LogP contribution < -0.4 is 0 Å². The predicted molar refractivity (Wildman–Crippen MR) is 117 cm³/mol. The van der Waals surface area contributed by atoms with Crippen molar-refractivity contribution in [1.29, 1.82) is 0 Å². The van der Waals surface area contributed by atoms with E-state index in [4.69, 9.17) is 33.0 Å². The van der Waals surface area contributed by atoms with Crippen LogP contribution in [0.3, 0.4) is 0 Å². The fraction of sp³-hybridized carbons (Fsp3) is 0.417. The average Bonchev–Trinajstić information content (AvgIpc) is 2.72. The molecule has 1 aliphatic carbocycles. The molecule has 150 valence electrons. The molecule has 2 nitrogen and oxygen atoms in total. The van der Waals surface area contributed by atoms with Crippen molar-refractivity contribution in [3.63, 3.8) is 0 Å². The van der Waals surface area contributed by atoms with Crippen molar-refractivity contribution in [3.8, 4) is 0 Å². The quantitative estimate of drug-likeness (QED) is 0.468. The first-order chi connectivity index (χ1) is 13.7. The van der Waals surface area contributed by atoms with Gasteiger partial charge in [0.15, 0.2) is 0 Å². The Kier molecular flexibility index (Phi) is 8.42. The molecule has 0 amide bonds. The van der Waals surface area contributed by atoms with Gasteiger partial charge in [-0.25, -0.2) is 0 Å². The van der Waals surface area contributed by atoms with Gasteiger partial charge in [0.1, 0.15) is 6.10 Å². The maximum absolute atomic E-state index is 8.93. The molecule has 0 spiro atoms. The zero-order valence-electron chi connectivity index (χ0n) is 16.1. The van der Waals surface area contributed by atoms with E-state index in [0.29, 0.717) is 5.92 Å². The van der Waals surface area contributed by atoms with Gasteiger partial charge < -0.3 is 9.84 Å². The maximum atomic E-state index is 8.93. The SMILES string of the molecule is OC/C=C/CC[C@@H]1CCCC[C@H]1OC(c1ccc(Cl)cc1)c1ccc(Cl)cc1. The van der Waals surface area contributed by atoms with Crippen molar-refractivity contribution in [2.45, 2.75) is 50.7 Å². The molecule has 2 aromatic rings. The number of hydrogen-bond donors (Lipinski definition) is 1. The van der Waals surface area contributed by atoms with Crippen molar-refractivity contribution in [2.24, 2.45) is 5.92 Å². The summed E-state index contributed by atoms with van der Waals surface area (Å²) in [7, 11) is 0. The predicted octanol–water partition coefficient (Wildman–Crippen LogP) is 6.99. The second-order valence-corrected chi connectivity index (χ2v) is 8.31. The zero-order chi connectivity index (χ0) is 19.8. The Morgan fingerprint density at radius 2 is 1.46 bits per heavy atom. The molecule has 1 aliphatic rings. The molecule has 0 aliphatic heterocycles. The molecule has 1 saturated carbocycles. The third-order valence-electron chi connectivity index (χ3n) is 5.47. The Balaban J connectivity index is 1.79. The van der Waals surface area contributed by atoms with Gasteiger partial charge in [0.25, 0.3) is 0 Å². The number of benzene rings is 2. The smallest absolute Gasteiger partial charge is 0.108 e. The molecule has 1 fully saturated rings. The monoisotopic (exact) mass is 418 g/mol. The Hall–Kier alpha value is -1.32. The second kappa shape index (κ2) is 11.0. The molecule has 1 N–H and O–H groups in total. The molecule has 28 heavy (non-hydrogen) atoms. The fourth-order valence-corrected chi connectivity index (χ4v) is 4.24. The molecule has 0 bridgehead atoms. The van der Waals surface area contributed by atoms with Crippen LogP contribution in [-0.4, -0.2) is 17.8 Å². The van der Waals surface area contributed by atoms with Crippen LogP contribution in [0.2, 0.25) is 10.0 Å². The van der Waals surface area contributed by atoms with Gasteiger partial charge in [0.05, 0.1) is 12.7 Å². The van der Waals surface area contributed by atoms with Gasteiger partial charge in [0, 0.05) is 10.0 Å². The van der Waals surface area contributed by atoms with E-state index in [2.05, 4.69) is 6.08 Å². The standard InChI is InChI=1S/C24H28Cl2O2/c25-21-13-9-19(10-14-21)24(20-11-15-22(26)16-12-20)28-23-8-4-3-7-18(23)6-2-1-5-17-27/h1,5,9-16,18,23-24,27H,2-4,6-8,17H2/b5-1+/t18-,23-/m1/s1. The maximum Gasteiger partial charge on any atom is 0.108 e. The molecule has 0 saturated heterocycles. The minimum atomic E-state index is -0.131. The molecule has 2 atom stereocenters. The van der Waals surface area contributed by atoms with E-state index < -0.39 is 0 Å². The normalized spacial score (nSPS) is 20.1. The summed E-state index contributed by atoms with van der Waals surface area (Å²) in [6.45, 7) is 0.111. The second-order valence-electron chi connectivity index (χ2n) is 7.43. The van der Waals surface area contributed by atoms with Crippen LogP contribution in [0.5, 0.6) is 0 Å². The third-order valence-corrected chi connectivity index (χ3v) is 5.98. The van der Waals surface area contributed by atoms with Crippen LogP contribution in [0.15, 0.2) is 60.7 Å². The highest BCUT2D eigenvalue weighted by Crippen LogP contribution is 2.37. The first-order valence-corrected chi connectivity index (χ1v) is 10.8. The van der Waals surface area contributed by atoms with Gasteiger partial charge >= 0.3 is 0 Å². The van der Waals surface area contributed by atoms with Gasteiger partial charge in [-0.05, 0) is 67.0 Å². The number of allylic oxidation sites excluding steroid dienone is 1. The van der Waals surface area contributed by atoms with E-state index >= 15 is 0 Å². The van der Waals surface area contributed by atoms with Gasteiger partial charge in [-0.2, -0.15) is 0 Å². The lowest BCUT2D eigenvalue weighted by molar-refractivity contribution is -0.0470. The van der Waals surface area contributed by atoms with Gasteiger partial charge in [-0.15, -0.1) is 0 Å². The molecular formula is C24H28Cl2O2. The molecule has 0 aromatic heterocycles. The third kappa shape index (κ3) is 6.09. The lowest BCUT2D eigenvalue weighted by Crippen LogP contribution is -2.29. The van der Waals surface area contributed by atoms with Crippen LogP contribution in [0.4, 0.5) is 0 Å². The Labute approximate surface area is 178 Å². The molecule has 2 aromatic carbocycles. The lowest BCUT2D eigenvalue weighted by atomic mass is 9.83. The Morgan fingerprint density at radius 3 is 2.04 bits per heavy atom. The lowest BCUT2D eigenvalue weighted by Gasteiger charge is -2.35. The number of halogens is 2. The summed E-state index contributed by atoms with van der Waals surface area (Å²) in [5.74, 6) is 0.541. The molecule has 0 unspecified atom stereocenters. The van der Waals surface area contributed by atoms with E-state index in [1.807, 2.05) is 54.6 Å². The summed E-state index contributed by atoms with van der Waals surface area (Å²) in [6.07, 6.45) is 10.8. The Morgan fingerprint density at radius 1 is 0.893 bits per heavy atom. The van der Waals surface area contributed by atoms with Crippen LogP contribution in [0.25, 0.3) is 0 Å². The first-order valence-electron chi connectivity index (χ1n) is 10.1. The van der Waals surface area contributed by atoms with Gasteiger partial charge in [-0.3, -0.25) is 0 Å². The van der Waals surface area contributed by atoms with Crippen molar-refractivity contribution in [2.75, 3.05) is 6.61 Å². The van der Waals surface area contributed by atoms with Crippen molar-refractivity contribution >= 4 is 23.2 Å². The van der Waals surface area contributed by atoms with E-state index in [9.17, 15) is 0 Å². The number of aliphatic hydroxyl groups excluding tert-OH is 1. The van der Waals surface area contributed by atoms with E-state index in [1.165, 1.54) is 19.3 Å². The zero-order valence-corrected chi connectivity index (χ0v) is 17.6. The van der Waals surface area contributed by atoms with Crippen LogP contribution >= 0.6 is 23.2 Å². The van der Waals surface area contributed by atoms with E-state index in [0.717, 1.165) is 40.4 Å². The first kappa shape index (κ1) is 21.4. The molecule has 4 heteroatoms. The number of hydrogen-bond acceptors (Lipinski definition) is 2. The number of ether oxygens (including phenoxy) is 1. The topological polar surface area (TPSA) is 29.5 Å². The molecular weight excluding hydrogens is 391 g/mol. The van der Waals surface area contributed by atoms with E-state index in [1.54, 1.807) is 0 Å². The van der Waals surface area contributed by atoms with Crippen molar-refractivity contribution in [1.82, 2.24) is 0 Å². The summed E-state index contributed by atoms with van der Waals surface area (Å²) in [5.41, 5.74) is 2.22. The van der Waals surface area contributed by atoms with Gasteiger partial charge in [0.2, 0.25) is 0 Å². The van der Waals surface area contributed by atoms with Crippen LogP contribution in [0, 0.1) is 5.92 Å². The van der Waals surface area contributed by atoms with Crippen LogP contribution in [-0.2, 0) is 4.74 Å². The summed E-state index contributed by atoms with van der Waals surface area (Å²) in [4.78, 5) is 0. The number of aliphatic hydroxyl groups is 1. The van der Waals surface area contributed by atoms with Crippen molar-refractivity contribution < 1.29 is 9.84 Å². The molecule has 0 heterocycles. The molecule has 3 rings (SSSR count). The minimum absolute atomic E-state index is 0.111. The fourth-order valence-electron chi connectivity index (χ4n) is 3.99. The summed E-state index contributed by atoms with van der Waals surface area (Å²) in [6, 6.07) is 15.9. The largest absolute Gasteiger partial charge is 0.392 e. The Bertz CT molecular complexity index is 695. The average molecular weight is 419 g/mol.